The second kappa shape index (κ2) is 7.37. The van der Waals surface area contributed by atoms with Gasteiger partial charge in [0.2, 0.25) is 10.0 Å². The van der Waals surface area contributed by atoms with Crippen LogP contribution in [-0.4, -0.2) is 53.1 Å². The van der Waals surface area contributed by atoms with Crippen molar-refractivity contribution in [2.45, 2.75) is 11.8 Å². The van der Waals surface area contributed by atoms with Crippen molar-refractivity contribution in [3.8, 4) is 0 Å². The van der Waals surface area contributed by atoms with Crippen LogP contribution < -0.4 is 4.72 Å². The molecule has 0 atom stereocenters. The van der Waals surface area contributed by atoms with E-state index in [9.17, 15) is 13.2 Å². The molecule has 0 fully saturated rings. The Morgan fingerprint density at radius 2 is 2.10 bits per heavy atom. The maximum Gasteiger partial charge on any atom is 0.337 e. The lowest BCUT2D eigenvalue weighted by Crippen LogP contribution is -2.33. The first-order valence-electron chi connectivity index (χ1n) is 6.27. The van der Waals surface area contributed by atoms with Gasteiger partial charge in [-0.25, -0.2) is 17.9 Å². The largest absolute Gasteiger partial charge is 0.465 e. The van der Waals surface area contributed by atoms with E-state index in [1.54, 1.807) is 0 Å². The summed E-state index contributed by atoms with van der Waals surface area (Å²) in [6, 6.07) is 5.77. The van der Waals surface area contributed by atoms with Crippen LogP contribution in [0.2, 0.25) is 0 Å². The van der Waals surface area contributed by atoms with Crippen LogP contribution in [0.15, 0.2) is 29.2 Å². The Labute approximate surface area is 119 Å². The number of hydrogen-bond acceptors (Lipinski definition) is 5. The van der Waals surface area contributed by atoms with Crippen LogP contribution >= 0.6 is 0 Å². The average Bonchev–Trinajstić information content (AvgIpc) is 2.46. The van der Waals surface area contributed by atoms with Crippen LogP contribution in [0.4, 0.5) is 0 Å². The van der Waals surface area contributed by atoms with Gasteiger partial charge in [-0.3, -0.25) is 0 Å². The maximum atomic E-state index is 12.1. The Bertz CT molecular complexity index is 557. The van der Waals surface area contributed by atoms with E-state index >= 15 is 0 Å². The smallest absolute Gasteiger partial charge is 0.337 e. The first-order chi connectivity index (χ1) is 9.40. The highest BCUT2D eigenvalue weighted by atomic mass is 32.2. The predicted molar refractivity (Wildman–Crippen MR) is 76.1 cm³/mol. The molecule has 0 radical (unpaired) electrons. The average molecular weight is 300 g/mol. The van der Waals surface area contributed by atoms with Crippen molar-refractivity contribution in [3.05, 3.63) is 29.8 Å². The Morgan fingerprint density at radius 1 is 1.40 bits per heavy atom. The molecule has 1 aromatic carbocycles. The second-order valence-electron chi connectivity index (χ2n) is 4.31. The van der Waals surface area contributed by atoms with Crippen LogP contribution in [-0.2, 0) is 14.8 Å². The molecule has 0 saturated carbocycles. The number of carbonyl (C=O) groups is 1. The van der Waals surface area contributed by atoms with Gasteiger partial charge in [-0.2, -0.15) is 0 Å². The standard InChI is InChI=1S/C13H20N2O4S/c1-4-15(2)9-8-14-20(17,18)12-7-5-6-11(10-12)13(16)19-3/h5-7,10,14H,4,8-9H2,1-3H3. The van der Waals surface area contributed by atoms with Crippen LogP contribution in [0.1, 0.15) is 17.3 Å². The van der Waals surface area contributed by atoms with Crippen LogP contribution in [0.25, 0.3) is 0 Å². The van der Waals surface area contributed by atoms with Gasteiger partial charge in [0.25, 0.3) is 0 Å². The number of hydrogen-bond donors (Lipinski definition) is 1. The van der Waals surface area contributed by atoms with Crippen LogP contribution in [0.3, 0.4) is 0 Å². The fraction of sp³-hybridized carbons (Fsp3) is 0.462. The Kier molecular flexibility index (Phi) is 6.12. The van der Waals surface area contributed by atoms with Crippen molar-refractivity contribution in [3.63, 3.8) is 0 Å². The maximum absolute atomic E-state index is 12.1. The van der Waals surface area contributed by atoms with E-state index < -0.39 is 16.0 Å². The van der Waals surface area contributed by atoms with E-state index in [0.717, 1.165) is 6.54 Å². The summed E-state index contributed by atoms with van der Waals surface area (Å²) in [5.41, 5.74) is 0.209. The number of sulfonamides is 1. The third-order valence-corrected chi connectivity index (χ3v) is 4.35. The van der Waals surface area contributed by atoms with Crippen molar-refractivity contribution in [1.82, 2.24) is 9.62 Å². The van der Waals surface area contributed by atoms with Crippen LogP contribution in [0, 0.1) is 0 Å². The molecular formula is C13H20N2O4S. The number of carbonyl (C=O) groups excluding carboxylic acids is 1. The Morgan fingerprint density at radius 3 is 2.70 bits per heavy atom. The van der Waals surface area contributed by atoms with Crippen molar-refractivity contribution >= 4 is 16.0 Å². The minimum absolute atomic E-state index is 0.0551. The first-order valence-corrected chi connectivity index (χ1v) is 7.75. The normalized spacial score (nSPS) is 11.6. The highest BCUT2D eigenvalue weighted by Crippen LogP contribution is 2.12. The summed E-state index contributed by atoms with van der Waals surface area (Å²) in [6.07, 6.45) is 0. The molecule has 0 aliphatic rings. The molecule has 7 heteroatoms. The zero-order chi connectivity index (χ0) is 15.2. The molecule has 6 nitrogen and oxygen atoms in total. The molecule has 20 heavy (non-hydrogen) atoms. The molecule has 0 bridgehead atoms. The summed E-state index contributed by atoms with van der Waals surface area (Å²) >= 11 is 0. The summed E-state index contributed by atoms with van der Waals surface area (Å²) in [5, 5.41) is 0. The number of ether oxygens (including phenoxy) is 1. The topological polar surface area (TPSA) is 75.7 Å². The summed E-state index contributed by atoms with van der Waals surface area (Å²) in [5.74, 6) is -0.562. The van der Waals surface area contributed by atoms with Gasteiger partial charge in [0.1, 0.15) is 0 Å². The van der Waals surface area contributed by atoms with E-state index in [0.29, 0.717) is 13.1 Å². The van der Waals surface area contributed by atoms with Gasteiger partial charge in [0, 0.05) is 13.1 Å². The first kappa shape index (κ1) is 16.6. The fourth-order valence-corrected chi connectivity index (χ4v) is 2.59. The minimum Gasteiger partial charge on any atom is -0.465 e. The van der Waals surface area contributed by atoms with Crippen molar-refractivity contribution < 1.29 is 17.9 Å². The predicted octanol–water partition coefficient (Wildman–Crippen LogP) is 0.703. The quantitative estimate of drug-likeness (QED) is 0.750. The van der Waals surface area contributed by atoms with Gasteiger partial charge in [0.15, 0.2) is 0 Å². The lowest BCUT2D eigenvalue weighted by atomic mass is 10.2. The molecular weight excluding hydrogens is 280 g/mol. The molecule has 0 spiro atoms. The van der Waals surface area contributed by atoms with Gasteiger partial charge in [-0.1, -0.05) is 13.0 Å². The zero-order valence-corrected chi connectivity index (χ0v) is 12.7. The van der Waals surface area contributed by atoms with E-state index in [4.69, 9.17) is 0 Å². The van der Waals surface area contributed by atoms with Gasteiger partial charge >= 0.3 is 5.97 Å². The molecule has 0 saturated heterocycles. The van der Waals surface area contributed by atoms with Gasteiger partial charge in [-0.15, -0.1) is 0 Å². The molecule has 0 unspecified atom stereocenters. The van der Waals surface area contributed by atoms with E-state index in [1.165, 1.54) is 31.4 Å². The monoisotopic (exact) mass is 300 g/mol. The van der Waals surface area contributed by atoms with E-state index in [-0.39, 0.29) is 10.5 Å². The van der Waals surface area contributed by atoms with Crippen molar-refractivity contribution in [1.29, 1.82) is 0 Å². The van der Waals surface area contributed by atoms with Crippen molar-refractivity contribution in [2.24, 2.45) is 0 Å². The van der Waals surface area contributed by atoms with E-state index in [2.05, 4.69) is 9.46 Å². The molecule has 1 aromatic rings. The number of nitrogens with zero attached hydrogens (tertiary/aromatic N) is 1. The lowest BCUT2D eigenvalue weighted by molar-refractivity contribution is 0.0600. The summed E-state index contributed by atoms with van der Waals surface area (Å²) in [7, 11) is -0.452. The third kappa shape index (κ3) is 4.59. The fourth-order valence-electron chi connectivity index (χ4n) is 1.52. The summed E-state index contributed by atoms with van der Waals surface area (Å²) in [6.45, 7) is 3.77. The number of methoxy groups -OCH3 is 1. The number of benzene rings is 1. The molecule has 1 rings (SSSR count). The highest BCUT2D eigenvalue weighted by Gasteiger charge is 2.16. The second-order valence-corrected chi connectivity index (χ2v) is 6.08. The molecule has 112 valence electrons. The lowest BCUT2D eigenvalue weighted by Gasteiger charge is -2.14. The van der Waals surface area contributed by atoms with Crippen LogP contribution in [0.5, 0.6) is 0 Å². The SMILES string of the molecule is CCN(C)CCNS(=O)(=O)c1cccc(C(=O)OC)c1. The summed E-state index contributed by atoms with van der Waals surface area (Å²) < 4.78 is 31.2. The van der Waals surface area contributed by atoms with Gasteiger partial charge in [-0.05, 0) is 31.8 Å². The molecule has 0 aromatic heterocycles. The zero-order valence-electron chi connectivity index (χ0n) is 11.9. The van der Waals surface area contributed by atoms with E-state index in [1.807, 2.05) is 18.9 Å². The number of nitrogens with one attached hydrogen (secondary N) is 1. The molecule has 0 amide bonds. The van der Waals surface area contributed by atoms with Crippen molar-refractivity contribution in [2.75, 3.05) is 33.8 Å². The Balaban J connectivity index is 2.79. The van der Waals surface area contributed by atoms with Gasteiger partial charge in [0.05, 0.1) is 17.6 Å². The number of rotatable bonds is 7. The third-order valence-electron chi connectivity index (χ3n) is 2.89. The number of likely N-dealkylation sites (N-methyl/N-ethyl adjacent to an activating group) is 1. The molecule has 0 heterocycles. The molecule has 0 aliphatic heterocycles. The van der Waals surface area contributed by atoms with Gasteiger partial charge < -0.3 is 9.64 Å². The Hall–Kier alpha value is -1.44. The molecule has 1 N–H and O–H groups in total. The minimum atomic E-state index is -3.61. The summed E-state index contributed by atoms with van der Waals surface area (Å²) in [4.78, 5) is 13.4. The number of esters is 1. The highest BCUT2D eigenvalue weighted by molar-refractivity contribution is 7.89. The molecule has 0 aliphatic carbocycles.